The average Bonchev–Trinajstić information content (AvgIpc) is 2.62. The van der Waals surface area contributed by atoms with E-state index in [2.05, 4.69) is 16.0 Å². The van der Waals surface area contributed by atoms with Crippen molar-refractivity contribution in [3.8, 4) is 5.75 Å². The van der Waals surface area contributed by atoms with Crippen molar-refractivity contribution in [3.05, 3.63) is 47.5 Å². The van der Waals surface area contributed by atoms with Gasteiger partial charge in [-0.05, 0) is 36.8 Å². The highest BCUT2D eigenvalue weighted by Gasteiger charge is 2.08. The van der Waals surface area contributed by atoms with Crippen molar-refractivity contribution < 1.29 is 14.3 Å². The van der Waals surface area contributed by atoms with Crippen LogP contribution in [0.2, 0.25) is 5.02 Å². The molecule has 26 heavy (non-hydrogen) atoms. The Hall–Kier alpha value is -2.73. The van der Waals surface area contributed by atoms with Gasteiger partial charge in [0.2, 0.25) is 11.8 Å². The first-order chi connectivity index (χ1) is 12.5. The predicted octanol–water partition coefficient (Wildman–Crippen LogP) is 4.14. The molecule has 6 nitrogen and oxygen atoms in total. The van der Waals surface area contributed by atoms with Crippen molar-refractivity contribution in [1.29, 1.82) is 0 Å². The van der Waals surface area contributed by atoms with Gasteiger partial charge < -0.3 is 20.7 Å². The van der Waals surface area contributed by atoms with Gasteiger partial charge in [0, 0.05) is 23.9 Å². The van der Waals surface area contributed by atoms with Gasteiger partial charge in [0.25, 0.3) is 0 Å². The number of methoxy groups -OCH3 is 1. The molecular weight excluding hydrogens is 354 g/mol. The second kappa shape index (κ2) is 9.68. The number of amides is 2. The van der Waals surface area contributed by atoms with Gasteiger partial charge in [-0.1, -0.05) is 24.6 Å². The minimum Gasteiger partial charge on any atom is -0.497 e. The fourth-order valence-corrected chi connectivity index (χ4v) is 2.45. The summed E-state index contributed by atoms with van der Waals surface area (Å²) in [7, 11) is 1.57. The molecule has 0 aromatic heterocycles. The van der Waals surface area contributed by atoms with Crippen molar-refractivity contribution in [2.45, 2.75) is 19.8 Å². The van der Waals surface area contributed by atoms with Gasteiger partial charge in [-0.3, -0.25) is 9.59 Å². The Balaban J connectivity index is 1.95. The second-order valence-corrected chi connectivity index (χ2v) is 6.03. The molecule has 0 saturated heterocycles. The van der Waals surface area contributed by atoms with Crippen LogP contribution in [0.4, 0.5) is 17.1 Å². The predicted molar refractivity (Wildman–Crippen MR) is 105 cm³/mol. The van der Waals surface area contributed by atoms with Crippen LogP contribution in [0.3, 0.4) is 0 Å². The number of ether oxygens (including phenoxy) is 1. The van der Waals surface area contributed by atoms with Crippen LogP contribution in [0.1, 0.15) is 19.8 Å². The average molecular weight is 376 g/mol. The standard InChI is InChI=1S/C19H22ClN3O3/c1-3-5-18(24)22-14-8-9-16(20)17(11-14)21-12-19(25)23-13-6-4-7-15(10-13)26-2/h4,6-11,21H,3,5,12H2,1-2H3,(H,22,24)(H,23,25). The van der Waals surface area contributed by atoms with E-state index in [4.69, 9.17) is 16.3 Å². The zero-order valence-electron chi connectivity index (χ0n) is 14.8. The zero-order valence-corrected chi connectivity index (χ0v) is 15.5. The summed E-state index contributed by atoms with van der Waals surface area (Å²) in [6.07, 6.45) is 1.23. The summed E-state index contributed by atoms with van der Waals surface area (Å²) in [6.45, 7) is 1.97. The van der Waals surface area contributed by atoms with Gasteiger partial charge in [0.1, 0.15) is 5.75 Å². The molecule has 2 rings (SSSR count). The Morgan fingerprint density at radius 3 is 2.50 bits per heavy atom. The normalized spacial score (nSPS) is 10.1. The molecule has 0 unspecified atom stereocenters. The van der Waals surface area contributed by atoms with Crippen LogP contribution >= 0.6 is 11.6 Å². The molecule has 2 aromatic rings. The topological polar surface area (TPSA) is 79.5 Å². The zero-order chi connectivity index (χ0) is 18.9. The third kappa shape index (κ3) is 5.97. The molecule has 2 aromatic carbocycles. The molecule has 0 bridgehead atoms. The maximum atomic E-state index is 12.1. The third-order valence-electron chi connectivity index (χ3n) is 3.52. The van der Waals surface area contributed by atoms with Crippen LogP contribution in [-0.2, 0) is 9.59 Å². The van der Waals surface area contributed by atoms with Gasteiger partial charge >= 0.3 is 0 Å². The summed E-state index contributed by atoms with van der Waals surface area (Å²) in [5.74, 6) is 0.376. The quantitative estimate of drug-likeness (QED) is 0.648. The lowest BCUT2D eigenvalue weighted by atomic mass is 10.2. The molecule has 0 radical (unpaired) electrons. The van der Waals surface area contributed by atoms with Crippen LogP contribution in [0, 0.1) is 0 Å². The van der Waals surface area contributed by atoms with Crippen LogP contribution < -0.4 is 20.7 Å². The van der Waals surface area contributed by atoms with Crippen LogP contribution in [0.5, 0.6) is 5.75 Å². The number of halogens is 1. The van der Waals surface area contributed by atoms with Gasteiger partial charge in [-0.15, -0.1) is 0 Å². The minimum absolute atomic E-state index is 0.0310. The van der Waals surface area contributed by atoms with Crippen molar-refractivity contribution in [3.63, 3.8) is 0 Å². The molecular formula is C19H22ClN3O3. The van der Waals surface area contributed by atoms with Gasteiger partial charge in [0.15, 0.2) is 0 Å². The first-order valence-electron chi connectivity index (χ1n) is 8.29. The molecule has 0 heterocycles. The van der Waals surface area contributed by atoms with E-state index in [1.807, 2.05) is 6.92 Å². The largest absolute Gasteiger partial charge is 0.497 e. The fourth-order valence-electron chi connectivity index (χ4n) is 2.27. The Labute approximate surface area is 157 Å². The first-order valence-corrected chi connectivity index (χ1v) is 8.66. The Morgan fingerprint density at radius 2 is 1.77 bits per heavy atom. The van der Waals surface area contributed by atoms with Gasteiger partial charge in [-0.25, -0.2) is 0 Å². The van der Waals surface area contributed by atoms with Gasteiger partial charge in [-0.2, -0.15) is 0 Å². The number of benzene rings is 2. The molecule has 3 N–H and O–H groups in total. The van der Waals surface area contributed by atoms with Crippen molar-refractivity contribution in [1.82, 2.24) is 0 Å². The molecule has 0 aliphatic rings. The maximum absolute atomic E-state index is 12.1. The molecule has 0 aliphatic heterocycles. The van der Waals surface area contributed by atoms with Crippen LogP contribution in [0.15, 0.2) is 42.5 Å². The van der Waals surface area contributed by atoms with Crippen molar-refractivity contribution in [2.24, 2.45) is 0 Å². The summed E-state index contributed by atoms with van der Waals surface area (Å²) in [5, 5.41) is 9.02. The summed E-state index contributed by atoms with van der Waals surface area (Å²) in [6, 6.07) is 12.2. The van der Waals surface area contributed by atoms with E-state index in [0.29, 0.717) is 34.3 Å². The molecule has 2 amide bonds. The van der Waals surface area contributed by atoms with Crippen LogP contribution in [-0.4, -0.2) is 25.5 Å². The number of carbonyl (C=O) groups is 2. The maximum Gasteiger partial charge on any atom is 0.243 e. The molecule has 0 fully saturated rings. The van der Waals surface area contributed by atoms with Crippen molar-refractivity contribution in [2.75, 3.05) is 29.6 Å². The van der Waals surface area contributed by atoms with E-state index in [1.54, 1.807) is 49.6 Å². The summed E-state index contributed by atoms with van der Waals surface area (Å²) in [4.78, 5) is 23.8. The van der Waals surface area contributed by atoms with E-state index in [1.165, 1.54) is 0 Å². The highest BCUT2D eigenvalue weighted by atomic mass is 35.5. The SMILES string of the molecule is CCCC(=O)Nc1ccc(Cl)c(NCC(=O)Nc2cccc(OC)c2)c1. The summed E-state index contributed by atoms with van der Waals surface area (Å²) < 4.78 is 5.12. The van der Waals surface area contributed by atoms with E-state index in [0.717, 1.165) is 6.42 Å². The molecule has 7 heteroatoms. The molecule has 0 spiro atoms. The Morgan fingerprint density at radius 1 is 1.04 bits per heavy atom. The molecule has 0 saturated carbocycles. The number of carbonyl (C=O) groups excluding carboxylic acids is 2. The Bertz CT molecular complexity index is 780. The fraction of sp³-hybridized carbons (Fsp3) is 0.263. The van der Waals surface area contributed by atoms with Crippen LogP contribution in [0.25, 0.3) is 0 Å². The van der Waals surface area contributed by atoms with E-state index >= 15 is 0 Å². The highest BCUT2D eigenvalue weighted by molar-refractivity contribution is 6.33. The lowest BCUT2D eigenvalue weighted by molar-refractivity contribution is -0.116. The van der Waals surface area contributed by atoms with E-state index < -0.39 is 0 Å². The summed E-state index contributed by atoms with van der Waals surface area (Å²) in [5.41, 5.74) is 1.84. The number of nitrogens with one attached hydrogen (secondary N) is 3. The Kier molecular flexibility index (Phi) is 7.29. The smallest absolute Gasteiger partial charge is 0.243 e. The van der Waals surface area contributed by atoms with E-state index in [9.17, 15) is 9.59 Å². The first kappa shape index (κ1) is 19.6. The van der Waals surface area contributed by atoms with Gasteiger partial charge in [0.05, 0.1) is 24.4 Å². The third-order valence-corrected chi connectivity index (χ3v) is 3.85. The summed E-state index contributed by atoms with van der Waals surface area (Å²) >= 11 is 6.15. The lowest BCUT2D eigenvalue weighted by Gasteiger charge is -2.12. The minimum atomic E-state index is -0.227. The molecule has 0 aliphatic carbocycles. The monoisotopic (exact) mass is 375 g/mol. The number of hydrogen-bond donors (Lipinski definition) is 3. The lowest BCUT2D eigenvalue weighted by Crippen LogP contribution is -2.22. The van der Waals surface area contributed by atoms with E-state index in [-0.39, 0.29) is 18.4 Å². The number of hydrogen-bond acceptors (Lipinski definition) is 4. The highest BCUT2D eigenvalue weighted by Crippen LogP contribution is 2.25. The number of anilines is 3. The number of rotatable bonds is 8. The second-order valence-electron chi connectivity index (χ2n) is 5.63. The molecule has 0 atom stereocenters. The molecule has 138 valence electrons. The van der Waals surface area contributed by atoms with Crippen molar-refractivity contribution >= 4 is 40.5 Å².